The predicted molar refractivity (Wildman–Crippen MR) is 52.5 cm³/mol. The van der Waals surface area contributed by atoms with Crippen LogP contribution in [0.15, 0.2) is 12.1 Å². The highest BCUT2D eigenvalue weighted by molar-refractivity contribution is 5.22. The molecule has 0 bridgehead atoms. The van der Waals surface area contributed by atoms with Crippen molar-refractivity contribution >= 4 is 0 Å². The molecule has 2 rings (SSSR count). The molecule has 0 amide bonds. The van der Waals surface area contributed by atoms with Crippen LogP contribution in [0.1, 0.15) is 12.0 Å². The summed E-state index contributed by atoms with van der Waals surface area (Å²) in [5.41, 5.74) is -1.06. The van der Waals surface area contributed by atoms with Crippen LogP contribution >= 0.6 is 0 Å². The molecule has 1 fully saturated rings. The first-order chi connectivity index (χ1) is 7.50. The van der Waals surface area contributed by atoms with Crippen molar-refractivity contribution in [3.8, 4) is 0 Å². The van der Waals surface area contributed by atoms with Gasteiger partial charge in [-0.3, -0.25) is 0 Å². The second kappa shape index (κ2) is 4.07. The standard InChI is InChI=1S/C11H12F3NO/c12-8-4-10(14)9(13)3-7(8)5-11(16)1-2-15-6-11/h3-4,15-16H,1-2,5-6H2. The SMILES string of the molecule is OC1(Cc2cc(F)c(F)cc2F)CCNC1. The van der Waals surface area contributed by atoms with Crippen LogP contribution in [0.5, 0.6) is 0 Å². The van der Waals surface area contributed by atoms with Crippen molar-refractivity contribution in [1.29, 1.82) is 0 Å². The molecule has 1 aliphatic rings. The lowest BCUT2D eigenvalue weighted by Crippen LogP contribution is -2.34. The Morgan fingerprint density at radius 1 is 1.19 bits per heavy atom. The van der Waals surface area contributed by atoms with E-state index in [1.165, 1.54) is 0 Å². The number of hydrogen-bond acceptors (Lipinski definition) is 2. The molecule has 5 heteroatoms. The van der Waals surface area contributed by atoms with E-state index in [1.54, 1.807) is 0 Å². The van der Waals surface area contributed by atoms with Gasteiger partial charge in [0.1, 0.15) is 5.82 Å². The van der Waals surface area contributed by atoms with E-state index in [-0.39, 0.29) is 12.0 Å². The van der Waals surface area contributed by atoms with Crippen LogP contribution in [0.25, 0.3) is 0 Å². The van der Waals surface area contributed by atoms with Gasteiger partial charge in [-0.15, -0.1) is 0 Å². The fourth-order valence-corrected chi connectivity index (χ4v) is 1.94. The summed E-state index contributed by atoms with van der Waals surface area (Å²) in [7, 11) is 0. The van der Waals surface area contributed by atoms with Crippen LogP contribution in [0, 0.1) is 17.5 Å². The second-order valence-electron chi connectivity index (χ2n) is 4.19. The Bertz CT molecular complexity index is 402. The highest BCUT2D eigenvalue weighted by atomic mass is 19.2. The molecule has 1 unspecified atom stereocenters. The van der Waals surface area contributed by atoms with Crippen molar-refractivity contribution < 1.29 is 18.3 Å². The van der Waals surface area contributed by atoms with Crippen LogP contribution in [0.2, 0.25) is 0 Å². The first kappa shape index (κ1) is 11.4. The zero-order valence-corrected chi connectivity index (χ0v) is 8.56. The third-order valence-corrected chi connectivity index (χ3v) is 2.83. The molecule has 0 spiro atoms. The summed E-state index contributed by atoms with van der Waals surface area (Å²) in [6.45, 7) is 0.979. The van der Waals surface area contributed by atoms with Gasteiger partial charge in [-0.25, -0.2) is 13.2 Å². The van der Waals surface area contributed by atoms with Crippen molar-refractivity contribution in [1.82, 2.24) is 5.32 Å². The smallest absolute Gasteiger partial charge is 0.161 e. The lowest BCUT2D eigenvalue weighted by Gasteiger charge is -2.21. The Kier molecular flexibility index (Phi) is 2.90. The summed E-state index contributed by atoms with van der Waals surface area (Å²) >= 11 is 0. The molecule has 2 N–H and O–H groups in total. The number of aliphatic hydroxyl groups is 1. The molecule has 1 saturated heterocycles. The van der Waals surface area contributed by atoms with E-state index >= 15 is 0 Å². The largest absolute Gasteiger partial charge is 0.388 e. The molecule has 1 aliphatic heterocycles. The molecule has 16 heavy (non-hydrogen) atoms. The summed E-state index contributed by atoms with van der Waals surface area (Å²) in [6.07, 6.45) is 0.467. The Hall–Kier alpha value is -1.07. The Balaban J connectivity index is 2.24. The average Bonchev–Trinajstić information content (AvgIpc) is 2.62. The van der Waals surface area contributed by atoms with Crippen LogP contribution in [-0.2, 0) is 6.42 Å². The minimum Gasteiger partial charge on any atom is -0.388 e. The van der Waals surface area contributed by atoms with Crippen molar-refractivity contribution in [3.63, 3.8) is 0 Å². The van der Waals surface area contributed by atoms with Crippen LogP contribution in [-0.4, -0.2) is 23.8 Å². The number of halogens is 3. The van der Waals surface area contributed by atoms with Crippen molar-refractivity contribution in [2.45, 2.75) is 18.4 Å². The van der Waals surface area contributed by atoms with Gasteiger partial charge in [0.15, 0.2) is 11.6 Å². The molecule has 0 aromatic heterocycles. The van der Waals surface area contributed by atoms with Gasteiger partial charge in [0.05, 0.1) is 5.60 Å². The van der Waals surface area contributed by atoms with Gasteiger partial charge in [0, 0.05) is 19.0 Å². The number of β-amino-alcohol motifs (C(OH)–C–C–N with tert-alkyl or cyclic N) is 1. The second-order valence-corrected chi connectivity index (χ2v) is 4.19. The lowest BCUT2D eigenvalue weighted by atomic mass is 9.93. The molecular formula is C11H12F3NO. The maximum Gasteiger partial charge on any atom is 0.161 e. The Labute approximate surface area is 91.1 Å². The zero-order valence-electron chi connectivity index (χ0n) is 8.56. The maximum atomic E-state index is 13.3. The van der Waals surface area contributed by atoms with E-state index in [0.29, 0.717) is 25.6 Å². The zero-order chi connectivity index (χ0) is 11.8. The van der Waals surface area contributed by atoms with Crippen LogP contribution in [0.3, 0.4) is 0 Å². The summed E-state index contributed by atoms with van der Waals surface area (Å²) in [5.74, 6) is -3.12. The van der Waals surface area contributed by atoms with E-state index in [9.17, 15) is 18.3 Å². The Morgan fingerprint density at radius 3 is 2.50 bits per heavy atom. The molecule has 88 valence electrons. The first-order valence-corrected chi connectivity index (χ1v) is 5.07. The third-order valence-electron chi connectivity index (χ3n) is 2.83. The van der Waals surface area contributed by atoms with E-state index in [1.807, 2.05) is 0 Å². The summed E-state index contributed by atoms with van der Waals surface area (Å²) in [6, 6.07) is 1.32. The molecule has 2 nitrogen and oxygen atoms in total. The maximum absolute atomic E-state index is 13.3. The summed E-state index contributed by atoms with van der Waals surface area (Å²) in [4.78, 5) is 0. The van der Waals surface area contributed by atoms with Gasteiger partial charge in [0.2, 0.25) is 0 Å². The average molecular weight is 231 g/mol. The molecule has 0 aliphatic carbocycles. The van der Waals surface area contributed by atoms with Crippen molar-refractivity contribution in [3.05, 3.63) is 35.1 Å². The predicted octanol–water partition coefficient (Wildman–Crippen LogP) is 1.37. The van der Waals surface area contributed by atoms with Gasteiger partial charge >= 0.3 is 0 Å². The third kappa shape index (κ3) is 2.20. The van der Waals surface area contributed by atoms with Gasteiger partial charge in [-0.2, -0.15) is 0 Å². The Morgan fingerprint density at radius 2 is 1.88 bits per heavy atom. The summed E-state index contributed by atoms with van der Waals surface area (Å²) in [5, 5.41) is 12.9. The minimum absolute atomic E-state index is 0.00472. The molecule has 0 radical (unpaired) electrons. The molecule has 1 heterocycles. The molecule has 1 atom stereocenters. The molecule has 0 saturated carbocycles. The van der Waals surface area contributed by atoms with Gasteiger partial charge in [-0.1, -0.05) is 0 Å². The number of nitrogens with one attached hydrogen (secondary N) is 1. The monoisotopic (exact) mass is 231 g/mol. The van der Waals surface area contributed by atoms with Gasteiger partial charge in [-0.05, 0) is 24.6 Å². The van der Waals surface area contributed by atoms with E-state index in [4.69, 9.17) is 0 Å². The van der Waals surface area contributed by atoms with E-state index in [0.717, 1.165) is 6.07 Å². The fraction of sp³-hybridized carbons (Fsp3) is 0.455. The summed E-state index contributed by atoms with van der Waals surface area (Å²) < 4.78 is 38.9. The van der Waals surface area contributed by atoms with Gasteiger partial charge in [0.25, 0.3) is 0 Å². The lowest BCUT2D eigenvalue weighted by molar-refractivity contribution is 0.0608. The number of hydrogen-bond donors (Lipinski definition) is 2. The van der Waals surface area contributed by atoms with Crippen molar-refractivity contribution in [2.75, 3.05) is 13.1 Å². The fourth-order valence-electron chi connectivity index (χ4n) is 1.94. The number of rotatable bonds is 2. The number of benzene rings is 1. The minimum atomic E-state index is -1.21. The highest BCUT2D eigenvalue weighted by Crippen LogP contribution is 2.23. The van der Waals surface area contributed by atoms with Crippen LogP contribution < -0.4 is 5.32 Å². The van der Waals surface area contributed by atoms with Gasteiger partial charge < -0.3 is 10.4 Å². The highest BCUT2D eigenvalue weighted by Gasteiger charge is 2.32. The molecular weight excluding hydrogens is 219 g/mol. The van der Waals surface area contributed by atoms with Crippen LogP contribution in [0.4, 0.5) is 13.2 Å². The normalized spacial score (nSPS) is 25.0. The molecule has 1 aromatic rings. The topological polar surface area (TPSA) is 32.3 Å². The van der Waals surface area contributed by atoms with Crippen molar-refractivity contribution in [2.24, 2.45) is 0 Å². The quantitative estimate of drug-likeness (QED) is 0.753. The molecule has 1 aromatic carbocycles. The first-order valence-electron chi connectivity index (χ1n) is 5.07. The van der Waals surface area contributed by atoms with E-state index in [2.05, 4.69) is 5.32 Å². The van der Waals surface area contributed by atoms with E-state index < -0.39 is 23.1 Å².